The molecule has 0 amide bonds. The third-order valence-corrected chi connectivity index (χ3v) is 5.28. The molecule has 8 nitrogen and oxygen atoms in total. The average Bonchev–Trinajstić information content (AvgIpc) is 2.32. The van der Waals surface area contributed by atoms with E-state index in [9.17, 15) is 9.13 Å². The molecule has 0 saturated carbocycles. The first-order valence-electron chi connectivity index (χ1n) is 5.15. The molecule has 1 aromatic rings. The second kappa shape index (κ2) is 6.10. The molecular weight excluding hydrogens is 310 g/mol. The lowest BCUT2D eigenvalue weighted by atomic mass is 10.2. The number of hydrogen-bond acceptors (Lipinski definition) is 4. The Bertz CT molecular complexity index is 565. The van der Waals surface area contributed by atoms with Crippen LogP contribution in [0.25, 0.3) is 6.08 Å². The Kier molecular flexibility index (Phi) is 5.15. The summed E-state index contributed by atoms with van der Waals surface area (Å²) in [6, 6.07) is 4.22. The Balaban J connectivity index is 3.46. The Hall–Kier alpha value is -1.14. The average molecular weight is 324 g/mol. The quantitative estimate of drug-likeness (QED) is 0.597. The first-order valence-corrected chi connectivity index (χ1v) is 8.37. The predicted molar refractivity (Wildman–Crippen MR) is 71.6 cm³/mol. The molecule has 0 bridgehead atoms. The number of methoxy groups -OCH3 is 2. The van der Waals surface area contributed by atoms with Gasteiger partial charge in [-0.2, -0.15) is 0 Å². The van der Waals surface area contributed by atoms with Gasteiger partial charge in [-0.3, -0.25) is 9.13 Å². The first-order chi connectivity index (χ1) is 9.07. The van der Waals surface area contributed by atoms with Crippen LogP contribution in [0.1, 0.15) is 5.56 Å². The maximum absolute atomic E-state index is 11.2. The molecule has 1 rings (SSSR count). The largest absolute Gasteiger partial charge is 0.497 e. The normalized spacial score (nSPS) is 11.9. The molecule has 0 aromatic heterocycles. The van der Waals surface area contributed by atoms with Crippen molar-refractivity contribution in [2.75, 3.05) is 14.2 Å². The molecule has 0 fully saturated rings. The molecule has 0 spiro atoms. The summed E-state index contributed by atoms with van der Waals surface area (Å²) in [5.74, 6) is 0.623. The second-order valence-corrected chi connectivity index (χ2v) is 7.23. The molecule has 0 aliphatic heterocycles. The maximum atomic E-state index is 11.2. The minimum atomic E-state index is -5.09. The predicted octanol–water partition coefficient (Wildman–Crippen LogP) is 1.36. The van der Waals surface area contributed by atoms with E-state index in [2.05, 4.69) is 0 Å². The summed E-state index contributed by atoms with van der Waals surface area (Å²) < 4.78 is 32.2. The molecule has 0 radical (unpaired) electrons. The molecule has 112 valence electrons. The summed E-state index contributed by atoms with van der Waals surface area (Å²) in [4.78, 5) is 36.1. The van der Waals surface area contributed by atoms with Gasteiger partial charge in [0.05, 0.1) is 14.2 Å². The van der Waals surface area contributed by atoms with Crippen molar-refractivity contribution < 1.29 is 38.2 Å². The summed E-state index contributed by atoms with van der Waals surface area (Å²) in [7, 11) is -7.45. The minimum Gasteiger partial charge on any atom is -0.497 e. The molecule has 0 aliphatic rings. The molecule has 0 saturated heterocycles. The highest BCUT2D eigenvalue weighted by atomic mass is 31.2. The lowest BCUT2D eigenvalue weighted by molar-refractivity contribution is 0.368. The smallest absolute Gasteiger partial charge is 0.364 e. The van der Waals surface area contributed by atoms with Crippen LogP contribution in [0.15, 0.2) is 23.3 Å². The van der Waals surface area contributed by atoms with E-state index in [0.717, 1.165) is 6.08 Å². The molecular formula is C10H14O8P2. The van der Waals surface area contributed by atoms with Gasteiger partial charge in [0.1, 0.15) is 11.5 Å². The van der Waals surface area contributed by atoms with Crippen LogP contribution in [0, 0.1) is 0 Å². The van der Waals surface area contributed by atoms with Crippen LogP contribution >= 0.6 is 15.2 Å². The van der Waals surface area contributed by atoms with E-state index in [1.165, 1.54) is 32.4 Å². The van der Waals surface area contributed by atoms with Gasteiger partial charge in [-0.25, -0.2) is 0 Å². The van der Waals surface area contributed by atoms with Gasteiger partial charge in [-0.05, 0) is 23.8 Å². The van der Waals surface area contributed by atoms with Crippen LogP contribution in [0.2, 0.25) is 0 Å². The number of benzene rings is 1. The molecule has 0 aliphatic carbocycles. The summed E-state index contributed by atoms with van der Waals surface area (Å²) in [5, 5.41) is -1.26. The Labute approximate surface area is 115 Å². The van der Waals surface area contributed by atoms with Gasteiger partial charge in [0.2, 0.25) is 0 Å². The van der Waals surface area contributed by atoms with Crippen LogP contribution in [0.4, 0.5) is 0 Å². The maximum Gasteiger partial charge on any atom is 0.364 e. The van der Waals surface area contributed by atoms with E-state index in [4.69, 9.17) is 29.0 Å². The third-order valence-electron chi connectivity index (χ3n) is 2.27. The van der Waals surface area contributed by atoms with Crippen LogP contribution in [0.5, 0.6) is 11.5 Å². The van der Waals surface area contributed by atoms with Gasteiger partial charge in [-0.1, -0.05) is 0 Å². The van der Waals surface area contributed by atoms with E-state index in [-0.39, 0.29) is 5.56 Å². The van der Waals surface area contributed by atoms with E-state index in [0.29, 0.717) is 11.5 Å². The Morgan fingerprint density at radius 3 is 1.65 bits per heavy atom. The fourth-order valence-electron chi connectivity index (χ4n) is 1.40. The standard InChI is InChI=1S/C10H14O8P2/c1-17-8-3-7(4-9(6-8)18-2)5-10(19(11,12)13)20(14,15)16/h3-6H,1-2H3,(H2,11,12,13)(H2,14,15,16). The number of ether oxygens (including phenoxy) is 2. The fraction of sp³-hybridized carbons (Fsp3) is 0.200. The summed E-state index contributed by atoms with van der Waals surface area (Å²) in [5.41, 5.74) is 0.128. The SMILES string of the molecule is COc1cc(C=C(P(=O)(O)O)P(=O)(O)O)cc(OC)c1. The topological polar surface area (TPSA) is 134 Å². The van der Waals surface area contributed by atoms with Gasteiger partial charge in [0.15, 0.2) is 5.06 Å². The third kappa shape index (κ3) is 4.45. The highest BCUT2D eigenvalue weighted by molar-refractivity contribution is 7.77. The zero-order chi connectivity index (χ0) is 15.6. The van der Waals surface area contributed by atoms with Crippen molar-refractivity contribution >= 4 is 21.3 Å². The van der Waals surface area contributed by atoms with Crippen LogP contribution in [-0.4, -0.2) is 33.8 Å². The molecule has 1 aromatic carbocycles. The van der Waals surface area contributed by atoms with Crippen LogP contribution in [-0.2, 0) is 9.13 Å². The first kappa shape index (κ1) is 16.9. The lowest BCUT2D eigenvalue weighted by Gasteiger charge is -2.12. The second-order valence-electron chi connectivity index (χ2n) is 3.74. The van der Waals surface area contributed by atoms with Crippen molar-refractivity contribution in [1.82, 2.24) is 0 Å². The molecule has 20 heavy (non-hydrogen) atoms. The summed E-state index contributed by atoms with van der Waals surface area (Å²) >= 11 is 0. The summed E-state index contributed by atoms with van der Waals surface area (Å²) in [6.07, 6.45) is 0.729. The van der Waals surface area contributed by atoms with Gasteiger partial charge < -0.3 is 29.0 Å². The highest BCUT2D eigenvalue weighted by Gasteiger charge is 2.36. The minimum absolute atomic E-state index is 0.128. The van der Waals surface area contributed by atoms with Crippen molar-refractivity contribution in [1.29, 1.82) is 0 Å². The molecule has 0 heterocycles. The van der Waals surface area contributed by atoms with Gasteiger partial charge in [0, 0.05) is 6.07 Å². The van der Waals surface area contributed by atoms with E-state index < -0.39 is 20.2 Å². The monoisotopic (exact) mass is 324 g/mol. The van der Waals surface area contributed by atoms with E-state index in [1.54, 1.807) is 0 Å². The number of hydrogen-bond donors (Lipinski definition) is 4. The van der Waals surface area contributed by atoms with Crippen LogP contribution < -0.4 is 9.47 Å². The molecule has 10 heteroatoms. The summed E-state index contributed by atoms with van der Waals surface area (Å²) in [6.45, 7) is 0. The van der Waals surface area contributed by atoms with Crippen molar-refractivity contribution in [3.8, 4) is 11.5 Å². The Morgan fingerprint density at radius 2 is 1.35 bits per heavy atom. The van der Waals surface area contributed by atoms with Crippen molar-refractivity contribution in [2.24, 2.45) is 0 Å². The Morgan fingerprint density at radius 1 is 0.950 bits per heavy atom. The van der Waals surface area contributed by atoms with Crippen molar-refractivity contribution in [2.45, 2.75) is 0 Å². The molecule has 0 unspecified atom stereocenters. The van der Waals surface area contributed by atoms with Crippen molar-refractivity contribution in [3.63, 3.8) is 0 Å². The molecule has 4 N–H and O–H groups in total. The van der Waals surface area contributed by atoms with Crippen molar-refractivity contribution in [3.05, 3.63) is 28.8 Å². The number of rotatable bonds is 5. The van der Waals surface area contributed by atoms with Gasteiger partial charge in [-0.15, -0.1) is 0 Å². The van der Waals surface area contributed by atoms with E-state index >= 15 is 0 Å². The zero-order valence-corrected chi connectivity index (χ0v) is 12.4. The van der Waals surface area contributed by atoms with Crippen LogP contribution in [0.3, 0.4) is 0 Å². The molecule has 0 atom stereocenters. The van der Waals surface area contributed by atoms with E-state index in [1.807, 2.05) is 0 Å². The van der Waals surface area contributed by atoms with Gasteiger partial charge >= 0.3 is 15.2 Å². The zero-order valence-electron chi connectivity index (χ0n) is 10.6. The lowest BCUT2D eigenvalue weighted by Crippen LogP contribution is -1.91. The van der Waals surface area contributed by atoms with Gasteiger partial charge in [0.25, 0.3) is 0 Å². The highest BCUT2D eigenvalue weighted by Crippen LogP contribution is 2.64. The fourth-order valence-corrected chi connectivity index (χ4v) is 3.39.